The minimum atomic E-state index is -0.326. The molecule has 1 fully saturated rings. The number of nitrogens with two attached hydrogens (primary N) is 1. The van der Waals surface area contributed by atoms with E-state index in [4.69, 9.17) is 5.73 Å². The van der Waals surface area contributed by atoms with Crippen molar-refractivity contribution in [2.24, 2.45) is 5.73 Å². The van der Waals surface area contributed by atoms with E-state index in [-0.39, 0.29) is 17.4 Å². The molecular formula is C14H20BrFN2. The molecule has 1 aliphatic rings. The van der Waals surface area contributed by atoms with Crippen LogP contribution in [0.2, 0.25) is 0 Å². The number of halogens is 2. The zero-order valence-electron chi connectivity index (χ0n) is 10.9. The van der Waals surface area contributed by atoms with Crippen molar-refractivity contribution in [2.75, 3.05) is 13.1 Å². The first-order valence-corrected chi connectivity index (χ1v) is 7.18. The minimum absolute atomic E-state index is 0.224. The van der Waals surface area contributed by atoms with Gasteiger partial charge in [0.2, 0.25) is 0 Å². The van der Waals surface area contributed by atoms with E-state index in [2.05, 4.69) is 34.7 Å². The Morgan fingerprint density at radius 3 is 2.56 bits per heavy atom. The van der Waals surface area contributed by atoms with E-state index < -0.39 is 0 Å². The minimum Gasteiger partial charge on any atom is -0.322 e. The number of rotatable bonds is 3. The quantitative estimate of drug-likeness (QED) is 0.925. The number of hydrogen-bond donors (Lipinski definition) is 1. The molecule has 0 amide bonds. The molecule has 1 saturated heterocycles. The first kappa shape index (κ1) is 14.0. The molecule has 0 aliphatic carbocycles. The molecule has 2 nitrogen and oxygen atoms in total. The summed E-state index contributed by atoms with van der Waals surface area (Å²) in [6.07, 6.45) is 2.41. The molecule has 0 bridgehead atoms. The van der Waals surface area contributed by atoms with Gasteiger partial charge >= 0.3 is 0 Å². The average Bonchev–Trinajstić information content (AvgIpc) is 2.86. The van der Waals surface area contributed by atoms with Crippen molar-refractivity contribution >= 4 is 15.9 Å². The van der Waals surface area contributed by atoms with Crippen LogP contribution < -0.4 is 5.73 Å². The number of likely N-dealkylation sites (tertiary alicyclic amines) is 1. The lowest BCUT2D eigenvalue weighted by Crippen LogP contribution is -2.50. The van der Waals surface area contributed by atoms with Gasteiger partial charge in [0.05, 0.1) is 10.5 Å². The predicted octanol–water partition coefficient (Wildman–Crippen LogP) is 3.46. The van der Waals surface area contributed by atoms with Gasteiger partial charge in [-0.05, 0) is 61.8 Å². The van der Waals surface area contributed by atoms with E-state index in [0.29, 0.717) is 10.0 Å². The Morgan fingerprint density at radius 1 is 1.33 bits per heavy atom. The van der Waals surface area contributed by atoms with Gasteiger partial charge in [0.25, 0.3) is 0 Å². The summed E-state index contributed by atoms with van der Waals surface area (Å²) < 4.78 is 14.6. The monoisotopic (exact) mass is 314 g/mol. The molecule has 18 heavy (non-hydrogen) atoms. The maximum Gasteiger partial charge on any atom is 0.142 e. The van der Waals surface area contributed by atoms with Crippen LogP contribution in [-0.2, 0) is 0 Å². The van der Waals surface area contributed by atoms with Crippen LogP contribution >= 0.6 is 15.9 Å². The van der Waals surface area contributed by atoms with Crippen molar-refractivity contribution in [3.05, 3.63) is 34.1 Å². The third kappa shape index (κ3) is 2.46. The van der Waals surface area contributed by atoms with E-state index in [1.54, 1.807) is 12.1 Å². The van der Waals surface area contributed by atoms with Gasteiger partial charge in [-0.15, -0.1) is 0 Å². The topological polar surface area (TPSA) is 29.3 Å². The summed E-state index contributed by atoms with van der Waals surface area (Å²) in [5.41, 5.74) is 6.68. The lowest BCUT2D eigenvalue weighted by Gasteiger charge is -2.40. The van der Waals surface area contributed by atoms with Gasteiger partial charge in [-0.1, -0.05) is 12.1 Å². The van der Waals surface area contributed by atoms with Crippen molar-refractivity contribution in [1.82, 2.24) is 4.90 Å². The molecule has 1 heterocycles. The van der Waals surface area contributed by atoms with Gasteiger partial charge in [-0.3, -0.25) is 4.90 Å². The van der Waals surface area contributed by atoms with Crippen molar-refractivity contribution in [2.45, 2.75) is 38.3 Å². The molecule has 0 radical (unpaired) electrons. The summed E-state index contributed by atoms with van der Waals surface area (Å²) in [4.78, 5) is 2.36. The summed E-state index contributed by atoms with van der Waals surface area (Å²) in [7, 11) is 0. The Bertz CT molecular complexity index is 428. The normalized spacial score (nSPS) is 19.2. The molecule has 4 heteroatoms. The van der Waals surface area contributed by atoms with Crippen LogP contribution in [-0.4, -0.2) is 23.5 Å². The molecule has 1 aromatic rings. The SMILES string of the molecule is CC(C)(C(N)c1cccc(Br)c1F)N1CCCC1. The maximum atomic E-state index is 14.1. The smallest absolute Gasteiger partial charge is 0.142 e. The van der Waals surface area contributed by atoms with Gasteiger partial charge in [0, 0.05) is 11.1 Å². The molecule has 0 spiro atoms. The lowest BCUT2D eigenvalue weighted by molar-refractivity contribution is 0.122. The fourth-order valence-corrected chi connectivity index (χ4v) is 3.01. The largest absolute Gasteiger partial charge is 0.322 e. The number of hydrogen-bond acceptors (Lipinski definition) is 2. The number of benzene rings is 1. The molecule has 1 aromatic carbocycles. The second kappa shape index (κ2) is 5.27. The van der Waals surface area contributed by atoms with E-state index in [9.17, 15) is 4.39 Å². The molecule has 2 N–H and O–H groups in total. The van der Waals surface area contributed by atoms with Crippen molar-refractivity contribution < 1.29 is 4.39 Å². The van der Waals surface area contributed by atoms with E-state index >= 15 is 0 Å². The van der Waals surface area contributed by atoms with Crippen molar-refractivity contribution in [3.8, 4) is 0 Å². The first-order chi connectivity index (χ1) is 8.44. The van der Waals surface area contributed by atoms with Crippen molar-refractivity contribution in [3.63, 3.8) is 0 Å². The highest BCUT2D eigenvalue weighted by Crippen LogP contribution is 2.34. The Kier molecular flexibility index (Phi) is 4.09. The highest BCUT2D eigenvalue weighted by Gasteiger charge is 2.36. The Labute approximate surface area is 116 Å². The zero-order chi connectivity index (χ0) is 13.3. The van der Waals surface area contributed by atoms with Crippen molar-refractivity contribution in [1.29, 1.82) is 0 Å². The van der Waals surface area contributed by atoms with Gasteiger partial charge in [-0.2, -0.15) is 0 Å². The van der Waals surface area contributed by atoms with E-state index in [1.807, 2.05) is 6.07 Å². The summed E-state index contributed by atoms with van der Waals surface area (Å²) in [6.45, 7) is 6.30. The van der Waals surface area contributed by atoms with E-state index in [1.165, 1.54) is 12.8 Å². The Morgan fingerprint density at radius 2 is 1.94 bits per heavy atom. The second-order valence-electron chi connectivity index (χ2n) is 5.47. The third-order valence-electron chi connectivity index (χ3n) is 4.00. The summed E-state index contributed by atoms with van der Waals surface area (Å²) in [5, 5.41) is 0. The highest BCUT2D eigenvalue weighted by atomic mass is 79.9. The van der Waals surface area contributed by atoms with Gasteiger partial charge < -0.3 is 5.73 Å². The summed E-state index contributed by atoms with van der Waals surface area (Å²) >= 11 is 3.22. The second-order valence-corrected chi connectivity index (χ2v) is 6.32. The maximum absolute atomic E-state index is 14.1. The molecule has 2 rings (SSSR count). The Hall–Kier alpha value is -0.450. The van der Waals surface area contributed by atoms with Gasteiger partial charge in [0.15, 0.2) is 0 Å². The van der Waals surface area contributed by atoms with Crippen LogP contribution in [0.4, 0.5) is 4.39 Å². The van der Waals surface area contributed by atoms with Crippen LogP contribution in [0.5, 0.6) is 0 Å². The number of nitrogens with zero attached hydrogens (tertiary/aromatic N) is 1. The third-order valence-corrected chi connectivity index (χ3v) is 4.61. The first-order valence-electron chi connectivity index (χ1n) is 6.39. The average molecular weight is 315 g/mol. The lowest BCUT2D eigenvalue weighted by atomic mass is 9.87. The van der Waals surface area contributed by atoms with Crippen LogP contribution in [0.25, 0.3) is 0 Å². The fourth-order valence-electron chi connectivity index (χ4n) is 2.63. The molecule has 1 atom stereocenters. The van der Waals surface area contributed by atoms with Crippen LogP contribution in [0.1, 0.15) is 38.3 Å². The standard InChI is InChI=1S/C14H20BrFN2/c1-14(2,18-8-3-4-9-18)13(17)10-6-5-7-11(15)12(10)16/h5-7,13H,3-4,8-9,17H2,1-2H3. The van der Waals surface area contributed by atoms with Crippen LogP contribution in [0.15, 0.2) is 22.7 Å². The van der Waals surface area contributed by atoms with Gasteiger partial charge in [-0.25, -0.2) is 4.39 Å². The molecule has 1 aliphatic heterocycles. The molecular weight excluding hydrogens is 295 g/mol. The molecule has 100 valence electrons. The Balaban J connectivity index is 2.29. The van der Waals surface area contributed by atoms with Crippen LogP contribution in [0, 0.1) is 5.82 Å². The summed E-state index contributed by atoms with van der Waals surface area (Å²) in [6, 6.07) is 4.99. The van der Waals surface area contributed by atoms with Crippen LogP contribution in [0.3, 0.4) is 0 Å². The van der Waals surface area contributed by atoms with E-state index in [0.717, 1.165) is 13.1 Å². The van der Waals surface area contributed by atoms with Gasteiger partial charge in [0.1, 0.15) is 5.82 Å². The summed E-state index contributed by atoms with van der Waals surface area (Å²) in [5.74, 6) is -0.239. The zero-order valence-corrected chi connectivity index (χ0v) is 12.5. The molecule has 0 saturated carbocycles. The fraction of sp³-hybridized carbons (Fsp3) is 0.571. The molecule has 0 aromatic heterocycles. The highest BCUT2D eigenvalue weighted by molar-refractivity contribution is 9.10. The predicted molar refractivity (Wildman–Crippen MR) is 75.9 cm³/mol. The molecule has 1 unspecified atom stereocenters.